The van der Waals surface area contributed by atoms with Crippen molar-refractivity contribution in [3.63, 3.8) is 0 Å². The summed E-state index contributed by atoms with van der Waals surface area (Å²) in [5.74, 6) is -0.441. The summed E-state index contributed by atoms with van der Waals surface area (Å²) >= 11 is 0. The van der Waals surface area contributed by atoms with Crippen LogP contribution in [0.1, 0.15) is 168 Å². The average Bonchev–Trinajstić information content (AvgIpc) is 3.36. The standard InChI is InChI=1S/C59H94O12S/c1-3-5-7-9-11-13-15-17-19-21-23-24-25-26-27-28-29-31-33-35-37-39-41-43-45-47-49-67-51-53(52-68-59-57(63)58(71-72(64,65)66)56(62)54(50-60)70-59)69-55(61)48-46-44-42-40-38-36-34-32-30-22-20-18-16-14-12-10-8-6-4-2/h5-8,11-14,17-20,23-24,26-27,29-32,36,38,53-54,56-60,62-63H,3-4,9-10,15-16,21-22,25,28,33-35,37,39-52H2,1-2H3,(H,64,65,66)/b7-5-,8-6-,13-11-,14-12-,19-17-,20-18-,24-23-,27-26-,31-29-,32-30-,38-36-. The van der Waals surface area contributed by atoms with Crippen molar-refractivity contribution in [1.29, 1.82) is 0 Å². The molecule has 0 bridgehead atoms. The van der Waals surface area contributed by atoms with Crippen molar-refractivity contribution in [2.45, 2.75) is 205 Å². The van der Waals surface area contributed by atoms with Gasteiger partial charge in [0, 0.05) is 13.0 Å². The third-order valence-corrected chi connectivity index (χ3v) is 11.7. The molecule has 0 amide bonds. The summed E-state index contributed by atoms with van der Waals surface area (Å²) in [5.41, 5.74) is 0. The van der Waals surface area contributed by atoms with Gasteiger partial charge >= 0.3 is 16.4 Å². The van der Waals surface area contributed by atoms with Crippen LogP contribution in [0.15, 0.2) is 134 Å². The first-order chi connectivity index (χ1) is 35.1. The number of carbonyl (C=O) groups excluding carboxylic acids is 1. The van der Waals surface area contributed by atoms with Crippen LogP contribution < -0.4 is 0 Å². The van der Waals surface area contributed by atoms with Gasteiger partial charge in [0.2, 0.25) is 0 Å². The van der Waals surface area contributed by atoms with Gasteiger partial charge in [0.25, 0.3) is 0 Å². The van der Waals surface area contributed by atoms with Crippen molar-refractivity contribution >= 4 is 16.4 Å². The molecule has 1 heterocycles. The van der Waals surface area contributed by atoms with E-state index in [2.05, 4.69) is 152 Å². The number of esters is 1. The quantitative estimate of drug-likeness (QED) is 0.0197. The highest BCUT2D eigenvalue weighted by atomic mass is 32.3. The minimum Gasteiger partial charge on any atom is -0.457 e. The van der Waals surface area contributed by atoms with Crippen LogP contribution in [0.5, 0.6) is 0 Å². The number of hydrogen-bond donors (Lipinski definition) is 4. The number of aliphatic hydroxyl groups is 3. The van der Waals surface area contributed by atoms with Crippen LogP contribution in [0, 0.1) is 0 Å². The molecule has 0 aliphatic carbocycles. The molecule has 1 saturated heterocycles. The first kappa shape index (κ1) is 66.3. The third-order valence-electron chi connectivity index (χ3n) is 11.3. The van der Waals surface area contributed by atoms with Gasteiger partial charge in [0.05, 0.1) is 19.8 Å². The van der Waals surface area contributed by atoms with E-state index >= 15 is 0 Å². The fraction of sp³-hybridized carbons (Fsp3) is 0.610. The molecule has 1 aliphatic rings. The normalized spacial score (nSPS) is 20.0. The van der Waals surface area contributed by atoms with E-state index in [1.165, 1.54) is 19.3 Å². The number of ether oxygens (including phenoxy) is 4. The van der Waals surface area contributed by atoms with E-state index in [-0.39, 0.29) is 19.6 Å². The Bertz CT molecular complexity index is 1760. The highest BCUT2D eigenvalue weighted by molar-refractivity contribution is 7.80. The van der Waals surface area contributed by atoms with Gasteiger partial charge in [-0.3, -0.25) is 9.35 Å². The SMILES string of the molecule is CC/C=C\C/C=C\C/C=C\C/C=C\C/C=C\C/C=C\CCCCCCCCCOCC(COC1OC(CO)C(O)C(OS(=O)(=O)O)C1O)OC(=O)CCCCC/C=C\C/C=C\C/C=C\C/C=C\C/C=C\CC. The molecule has 13 heteroatoms. The lowest BCUT2D eigenvalue weighted by atomic mass is 9.99. The van der Waals surface area contributed by atoms with Crippen LogP contribution in [0.2, 0.25) is 0 Å². The van der Waals surface area contributed by atoms with E-state index in [1.807, 2.05) is 0 Å². The molecule has 6 unspecified atom stereocenters. The Labute approximate surface area is 435 Å². The van der Waals surface area contributed by atoms with Crippen molar-refractivity contribution in [3.05, 3.63) is 134 Å². The molecule has 6 atom stereocenters. The van der Waals surface area contributed by atoms with Gasteiger partial charge < -0.3 is 34.3 Å². The van der Waals surface area contributed by atoms with Gasteiger partial charge in [0.1, 0.15) is 30.5 Å². The zero-order chi connectivity index (χ0) is 52.4. The second-order valence-corrected chi connectivity index (χ2v) is 18.7. The van der Waals surface area contributed by atoms with Crippen molar-refractivity contribution in [2.75, 3.05) is 26.4 Å². The first-order valence-corrected chi connectivity index (χ1v) is 28.3. The predicted molar refractivity (Wildman–Crippen MR) is 294 cm³/mol. The predicted octanol–water partition coefficient (Wildman–Crippen LogP) is 13.1. The smallest absolute Gasteiger partial charge is 0.397 e. The average molecular weight is 1030 g/mol. The van der Waals surface area contributed by atoms with E-state index in [4.69, 9.17) is 18.9 Å². The minimum absolute atomic E-state index is 0.00419. The molecule has 0 aromatic heterocycles. The number of allylic oxidation sites excluding steroid dienone is 22. The topological polar surface area (TPSA) is 178 Å². The number of hydrogen-bond acceptors (Lipinski definition) is 11. The number of carbonyl (C=O) groups is 1. The highest BCUT2D eigenvalue weighted by Gasteiger charge is 2.48. The van der Waals surface area contributed by atoms with Crippen molar-refractivity contribution in [1.82, 2.24) is 0 Å². The Morgan fingerprint density at radius 3 is 1.33 bits per heavy atom. The Morgan fingerprint density at radius 1 is 0.528 bits per heavy atom. The highest BCUT2D eigenvalue weighted by Crippen LogP contribution is 2.26. The number of rotatable bonds is 45. The van der Waals surface area contributed by atoms with Crippen molar-refractivity contribution in [2.24, 2.45) is 0 Å². The lowest BCUT2D eigenvalue weighted by Crippen LogP contribution is -2.60. The van der Waals surface area contributed by atoms with E-state index in [0.29, 0.717) is 13.0 Å². The summed E-state index contributed by atoms with van der Waals surface area (Å²) in [5, 5.41) is 30.8. The molecule has 408 valence electrons. The van der Waals surface area contributed by atoms with E-state index in [1.54, 1.807) is 0 Å². The molecule has 4 N–H and O–H groups in total. The Kier molecular flexibility index (Phi) is 44.4. The van der Waals surface area contributed by atoms with Crippen LogP contribution in [0.3, 0.4) is 0 Å². The van der Waals surface area contributed by atoms with Crippen LogP contribution >= 0.6 is 0 Å². The Hall–Kier alpha value is -3.76. The molecule has 0 radical (unpaired) electrons. The monoisotopic (exact) mass is 1030 g/mol. The van der Waals surface area contributed by atoms with Crippen LogP contribution in [0.25, 0.3) is 0 Å². The molecule has 0 saturated carbocycles. The van der Waals surface area contributed by atoms with Crippen molar-refractivity contribution < 1.29 is 56.2 Å². The summed E-state index contributed by atoms with van der Waals surface area (Å²) in [6.45, 7) is 3.67. The summed E-state index contributed by atoms with van der Waals surface area (Å²) in [6, 6.07) is 0. The largest absolute Gasteiger partial charge is 0.457 e. The number of unbranched alkanes of at least 4 members (excludes halogenated alkanes) is 10. The van der Waals surface area contributed by atoms with Gasteiger partial charge in [-0.15, -0.1) is 0 Å². The van der Waals surface area contributed by atoms with E-state index in [0.717, 1.165) is 122 Å². The molecule has 1 rings (SSSR count). The molecule has 12 nitrogen and oxygen atoms in total. The number of aliphatic hydroxyl groups excluding tert-OH is 3. The zero-order valence-corrected chi connectivity index (χ0v) is 44.7. The van der Waals surface area contributed by atoms with Crippen LogP contribution in [-0.2, 0) is 38.3 Å². The molecule has 0 spiro atoms. The van der Waals surface area contributed by atoms with Crippen LogP contribution in [0.4, 0.5) is 0 Å². The Morgan fingerprint density at radius 2 is 0.917 bits per heavy atom. The van der Waals surface area contributed by atoms with E-state index in [9.17, 15) is 33.1 Å². The van der Waals surface area contributed by atoms with Gasteiger partial charge in [-0.25, -0.2) is 4.18 Å². The maximum atomic E-state index is 12.9. The molecule has 0 aromatic rings. The van der Waals surface area contributed by atoms with Crippen molar-refractivity contribution in [3.8, 4) is 0 Å². The summed E-state index contributed by atoms with van der Waals surface area (Å²) < 4.78 is 59.3. The van der Waals surface area contributed by atoms with Gasteiger partial charge in [-0.2, -0.15) is 8.42 Å². The Balaban J connectivity index is 2.38. The second-order valence-electron chi connectivity index (χ2n) is 17.7. The lowest BCUT2D eigenvalue weighted by Gasteiger charge is -2.41. The molecule has 1 aliphatic heterocycles. The summed E-state index contributed by atoms with van der Waals surface area (Å²) in [6.07, 6.45) is 61.9. The maximum Gasteiger partial charge on any atom is 0.397 e. The summed E-state index contributed by atoms with van der Waals surface area (Å²) in [4.78, 5) is 12.9. The molecular weight excluding hydrogens is 933 g/mol. The zero-order valence-electron chi connectivity index (χ0n) is 43.9. The van der Waals surface area contributed by atoms with Crippen LogP contribution in [-0.4, -0.2) is 97.5 Å². The molecular formula is C59H94O12S. The van der Waals surface area contributed by atoms with Gasteiger partial charge in [-0.1, -0.05) is 186 Å². The third kappa shape index (κ3) is 40.7. The second kappa shape index (κ2) is 48.2. The van der Waals surface area contributed by atoms with Gasteiger partial charge in [0.15, 0.2) is 6.29 Å². The molecule has 72 heavy (non-hydrogen) atoms. The minimum atomic E-state index is -5.08. The molecule has 0 aromatic carbocycles. The first-order valence-electron chi connectivity index (χ1n) is 26.9. The fourth-order valence-corrected chi connectivity index (χ4v) is 7.80. The van der Waals surface area contributed by atoms with Gasteiger partial charge in [-0.05, 0) is 109 Å². The summed E-state index contributed by atoms with van der Waals surface area (Å²) in [7, 11) is -5.08. The molecule has 1 fully saturated rings. The maximum absolute atomic E-state index is 12.9. The fourth-order valence-electron chi connectivity index (χ4n) is 7.29. The lowest BCUT2D eigenvalue weighted by molar-refractivity contribution is -0.301. The van der Waals surface area contributed by atoms with E-state index < -0.39 is 59.8 Å².